The summed E-state index contributed by atoms with van der Waals surface area (Å²) >= 11 is 0. The quantitative estimate of drug-likeness (QED) is 0.447. The third kappa shape index (κ3) is 7.28. The van der Waals surface area contributed by atoms with E-state index in [0.717, 1.165) is 37.8 Å². The van der Waals surface area contributed by atoms with E-state index in [2.05, 4.69) is 10.6 Å². The zero-order valence-electron chi connectivity index (χ0n) is 22.5. The second-order valence-electron chi connectivity index (χ2n) is 10.2. The number of anilines is 2. The maximum atomic E-state index is 13.4. The van der Waals surface area contributed by atoms with Gasteiger partial charge in [0.05, 0.1) is 30.9 Å². The molecule has 0 aromatic heterocycles. The number of hydrogen-bond donors (Lipinski definition) is 3. The molecular formula is C29H35FN4O6. The van der Waals surface area contributed by atoms with Crippen LogP contribution < -0.4 is 15.5 Å². The minimum Gasteiger partial charge on any atom is -0.481 e. The van der Waals surface area contributed by atoms with Gasteiger partial charge in [0, 0.05) is 37.7 Å². The van der Waals surface area contributed by atoms with E-state index in [9.17, 15) is 28.7 Å². The van der Waals surface area contributed by atoms with Crippen LogP contribution in [0.1, 0.15) is 60.5 Å². The van der Waals surface area contributed by atoms with E-state index in [1.54, 1.807) is 23.1 Å². The molecule has 2 fully saturated rings. The van der Waals surface area contributed by atoms with Crippen molar-refractivity contribution >= 4 is 35.3 Å². The van der Waals surface area contributed by atoms with Gasteiger partial charge in [0.2, 0.25) is 5.91 Å². The third-order valence-electron chi connectivity index (χ3n) is 7.50. The Labute approximate surface area is 232 Å². The van der Waals surface area contributed by atoms with Crippen molar-refractivity contribution in [3.8, 4) is 0 Å². The number of methoxy groups -OCH3 is 1. The minimum absolute atomic E-state index is 0.0956. The van der Waals surface area contributed by atoms with Gasteiger partial charge in [0.25, 0.3) is 5.91 Å². The first-order valence-electron chi connectivity index (χ1n) is 13.6. The second-order valence-corrected chi connectivity index (χ2v) is 10.2. The summed E-state index contributed by atoms with van der Waals surface area (Å²) in [5.74, 6) is -2.30. The molecule has 1 aliphatic carbocycles. The molecule has 2 aromatic carbocycles. The molecule has 1 saturated carbocycles. The van der Waals surface area contributed by atoms with E-state index >= 15 is 0 Å². The third-order valence-corrected chi connectivity index (χ3v) is 7.50. The number of piperazine rings is 1. The molecule has 2 aromatic rings. The van der Waals surface area contributed by atoms with Gasteiger partial charge in [-0.3, -0.25) is 14.4 Å². The number of ether oxygens (including phenoxy) is 1. The van der Waals surface area contributed by atoms with Gasteiger partial charge in [0.1, 0.15) is 5.82 Å². The van der Waals surface area contributed by atoms with Crippen LogP contribution >= 0.6 is 0 Å². The number of nitrogens with zero attached hydrogens (tertiary/aromatic N) is 2. The molecule has 4 rings (SSSR count). The Bertz CT molecular complexity index is 1220. The lowest BCUT2D eigenvalue weighted by molar-refractivity contribution is -0.137. The predicted octanol–water partition coefficient (Wildman–Crippen LogP) is 4.18. The van der Waals surface area contributed by atoms with E-state index in [1.165, 1.54) is 31.4 Å². The van der Waals surface area contributed by atoms with Crippen molar-refractivity contribution in [3.05, 3.63) is 59.4 Å². The molecule has 0 bridgehead atoms. The number of carbonyl (C=O) groups excluding carboxylic acids is 3. The molecule has 1 heterocycles. The SMILES string of the molecule is COC(=O)N1CCN(c2ccc(C(=O)NC(CC(=O)O)c3ccc(F)cc3)cc2NC(=O)C2CCCCC2)CC1. The summed E-state index contributed by atoms with van der Waals surface area (Å²) in [7, 11) is 1.34. The molecule has 1 aliphatic heterocycles. The van der Waals surface area contributed by atoms with E-state index < -0.39 is 29.8 Å². The summed E-state index contributed by atoms with van der Waals surface area (Å²) in [6, 6.07) is 9.40. The van der Waals surface area contributed by atoms with Gasteiger partial charge in [-0.1, -0.05) is 31.4 Å². The summed E-state index contributed by atoms with van der Waals surface area (Å²) in [5, 5.41) is 15.2. The van der Waals surface area contributed by atoms with Gasteiger partial charge in [-0.25, -0.2) is 9.18 Å². The first-order chi connectivity index (χ1) is 19.2. The van der Waals surface area contributed by atoms with Gasteiger partial charge in [-0.2, -0.15) is 0 Å². The number of halogens is 1. The first kappa shape index (κ1) is 28.8. The van der Waals surface area contributed by atoms with Gasteiger partial charge < -0.3 is 30.3 Å². The number of carboxylic acids is 1. The summed E-state index contributed by atoms with van der Waals surface area (Å²) in [4.78, 5) is 53.5. The average molecular weight is 555 g/mol. The van der Waals surface area contributed by atoms with Crippen LogP contribution in [0.25, 0.3) is 0 Å². The largest absolute Gasteiger partial charge is 0.481 e. The van der Waals surface area contributed by atoms with Crippen molar-refractivity contribution in [2.45, 2.75) is 44.6 Å². The fraction of sp³-hybridized carbons (Fsp3) is 0.448. The van der Waals surface area contributed by atoms with E-state index in [0.29, 0.717) is 37.4 Å². The number of carbonyl (C=O) groups is 4. The number of nitrogens with one attached hydrogen (secondary N) is 2. The Hall–Kier alpha value is -4.15. The number of amides is 3. The molecular weight excluding hydrogens is 519 g/mol. The van der Waals surface area contributed by atoms with E-state index in [-0.39, 0.29) is 23.8 Å². The fourth-order valence-corrected chi connectivity index (χ4v) is 5.28. The van der Waals surface area contributed by atoms with Gasteiger partial charge in [-0.05, 0) is 48.7 Å². The van der Waals surface area contributed by atoms with Crippen molar-refractivity contribution in [3.63, 3.8) is 0 Å². The molecule has 40 heavy (non-hydrogen) atoms. The smallest absolute Gasteiger partial charge is 0.409 e. The van der Waals surface area contributed by atoms with Crippen LogP contribution in [0, 0.1) is 11.7 Å². The summed E-state index contributed by atoms with van der Waals surface area (Å²) in [6.45, 7) is 1.91. The number of rotatable bonds is 8. The van der Waals surface area contributed by atoms with Crippen LogP contribution in [-0.2, 0) is 14.3 Å². The Balaban J connectivity index is 1.57. The lowest BCUT2D eigenvalue weighted by atomic mass is 9.88. The Morgan fingerprint density at radius 2 is 1.68 bits per heavy atom. The van der Waals surface area contributed by atoms with E-state index in [1.807, 2.05) is 4.90 Å². The number of aliphatic carboxylic acids is 1. The van der Waals surface area contributed by atoms with Gasteiger partial charge >= 0.3 is 12.1 Å². The average Bonchev–Trinajstić information content (AvgIpc) is 2.97. The highest BCUT2D eigenvalue weighted by atomic mass is 19.1. The molecule has 11 heteroatoms. The maximum Gasteiger partial charge on any atom is 0.409 e. The Morgan fingerprint density at radius 3 is 2.30 bits per heavy atom. The number of hydrogen-bond acceptors (Lipinski definition) is 6. The topological polar surface area (TPSA) is 128 Å². The monoisotopic (exact) mass is 554 g/mol. The maximum absolute atomic E-state index is 13.4. The van der Waals surface area contributed by atoms with Crippen LogP contribution in [0.4, 0.5) is 20.6 Å². The van der Waals surface area contributed by atoms with Crippen LogP contribution in [0.15, 0.2) is 42.5 Å². The van der Waals surface area contributed by atoms with Gasteiger partial charge in [0.15, 0.2) is 0 Å². The zero-order valence-corrected chi connectivity index (χ0v) is 22.5. The second kappa shape index (κ2) is 13.3. The Kier molecular flexibility index (Phi) is 9.57. The van der Waals surface area contributed by atoms with Gasteiger partial charge in [-0.15, -0.1) is 0 Å². The van der Waals surface area contributed by atoms with Crippen molar-refractivity contribution in [2.24, 2.45) is 5.92 Å². The van der Waals surface area contributed by atoms with Crippen molar-refractivity contribution in [1.29, 1.82) is 0 Å². The van der Waals surface area contributed by atoms with Crippen LogP contribution in [0.2, 0.25) is 0 Å². The molecule has 0 radical (unpaired) electrons. The molecule has 3 N–H and O–H groups in total. The molecule has 1 saturated heterocycles. The molecule has 1 unspecified atom stereocenters. The van der Waals surface area contributed by atoms with Crippen LogP contribution in [-0.4, -0.2) is 67.2 Å². The highest BCUT2D eigenvalue weighted by Gasteiger charge is 2.27. The van der Waals surface area contributed by atoms with Crippen LogP contribution in [0.3, 0.4) is 0 Å². The molecule has 1 atom stereocenters. The number of benzene rings is 2. The van der Waals surface area contributed by atoms with Crippen LogP contribution in [0.5, 0.6) is 0 Å². The predicted molar refractivity (Wildman–Crippen MR) is 147 cm³/mol. The lowest BCUT2D eigenvalue weighted by Crippen LogP contribution is -2.49. The standard InChI is InChI=1S/C29H35FN4O6/c1-40-29(39)34-15-13-33(14-16-34)25-12-9-21(17-24(25)32-27(37)20-5-3-2-4-6-20)28(38)31-23(18-26(35)36)19-7-10-22(30)11-8-19/h7-12,17,20,23H,2-6,13-16,18H2,1H3,(H,31,38)(H,32,37)(H,35,36). The summed E-state index contributed by atoms with van der Waals surface area (Å²) in [6.07, 6.45) is 3.96. The fourth-order valence-electron chi connectivity index (χ4n) is 5.28. The molecule has 2 aliphatic rings. The summed E-state index contributed by atoms with van der Waals surface area (Å²) < 4.78 is 18.2. The molecule has 3 amide bonds. The molecule has 10 nitrogen and oxygen atoms in total. The normalized spacial score (nSPS) is 16.6. The number of carboxylic acid groups (broad SMARTS) is 1. The Morgan fingerprint density at radius 1 is 1.00 bits per heavy atom. The van der Waals surface area contributed by atoms with Crippen molar-refractivity contribution in [2.75, 3.05) is 43.5 Å². The minimum atomic E-state index is -1.11. The van der Waals surface area contributed by atoms with Crippen molar-refractivity contribution < 1.29 is 33.4 Å². The molecule has 214 valence electrons. The first-order valence-corrected chi connectivity index (χ1v) is 13.6. The highest BCUT2D eigenvalue weighted by molar-refractivity contribution is 6.00. The molecule has 0 spiro atoms. The highest BCUT2D eigenvalue weighted by Crippen LogP contribution is 2.31. The zero-order chi connectivity index (χ0) is 28.6. The van der Waals surface area contributed by atoms with E-state index in [4.69, 9.17) is 4.74 Å². The van der Waals surface area contributed by atoms with Crippen molar-refractivity contribution in [1.82, 2.24) is 10.2 Å². The lowest BCUT2D eigenvalue weighted by Gasteiger charge is -2.36. The summed E-state index contributed by atoms with van der Waals surface area (Å²) in [5.41, 5.74) is 1.91.